The number of benzene rings is 3. The summed E-state index contributed by atoms with van der Waals surface area (Å²) in [7, 11) is 0. The van der Waals surface area contributed by atoms with Gasteiger partial charge in [-0.15, -0.1) is 0 Å². The van der Waals surface area contributed by atoms with E-state index < -0.39 is 35.8 Å². The number of rotatable bonds is 11. The van der Waals surface area contributed by atoms with Gasteiger partial charge in [-0.05, 0) is 35.7 Å². The molecule has 0 amide bonds. The van der Waals surface area contributed by atoms with Crippen molar-refractivity contribution in [2.75, 3.05) is 6.61 Å². The maximum Gasteiger partial charge on any atom is 0.302 e. The Morgan fingerprint density at radius 3 is 2.05 bits per heavy atom. The summed E-state index contributed by atoms with van der Waals surface area (Å²) in [5, 5.41) is 4.13. The Balaban J connectivity index is 1.65. The van der Waals surface area contributed by atoms with Crippen molar-refractivity contribution < 1.29 is 23.7 Å². The van der Waals surface area contributed by atoms with E-state index in [4.69, 9.17) is 18.9 Å². The summed E-state index contributed by atoms with van der Waals surface area (Å²) in [6.07, 6.45) is -1.97. The second kappa shape index (κ2) is 14.0. The molecule has 1 heterocycles. The molecule has 0 aliphatic carbocycles. The van der Waals surface area contributed by atoms with Crippen LogP contribution in [-0.4, -0.2) is 42.4 Å². The lowest BCUT2D eigenvalue weighted by Gasteiger charge is -2.44. The number of ether oxygens (including phenoxy) is 4. The number of esters is 1. The quantitative estimate of drug-likeness (QED) is 0.125. The predicted molar refractivity (Wildman–Crippen MR) is 145 cm³/mol. The van der Waals surface area contributed by atoms with Crippen molar-refractivity contribution in [1.82, 2.24) is 0 Å². The van der Waals surface area contributed by atoms with E-state index in [0.29, 0.717) is 0 Å². The molecule has 0 spiro atoms. The summed E-state index contributed by atoms with van der Waals surface area (Å²) < 4.78 is 24.6. The van der Waals surface area contributed by atoms with Gasteiger partial charge in [0.1, 0.15) is 30.3 Å². The normalized spacial score (nSPS) is 22.8. The summed E-state index contributed by atoms with van der Waals surface area (Å²) >= 11 is 1.44. The fraction of sp³-hybridized carbons (Fsp3) is 0.345. The third-order valence-corrected chi connectivity index (χ3v) is 7.26. The zero-order valence-electron chi connectivity index (χ0n) is 21.4. The monoisotopic (exact) mass is 533 g/mol. The average Bonchev–Trinajstić information content (AvgIpc) is 2.93. The average molecular weight is 534 g/mol. The summed E-state index contributed by atoms with van der Waals surface area (Å²) in [4.78, 5) is 15.8. The minimum absolute atomic E-state index is 0.0199. The Morgan fingerprint density at radius 1 is 0.921 bits per heavy atom. The molecule has 3 aromatic rings. The lowest BCUT2D eigenvalue weighted by molar-refractivity contribution is -0.210. The maximum absolute atomic E-state index is 11.7. The van der Waals surface area contributed by atoms with Gasteiger partial charge in [0, 0.05) is 16.7 Å². The minimum atomic E-state index is -0.704. The van der Waals surface area contributed by atoms with Gasteiger partial charge in [0.15, 0.2) is 0 Å². The van der Waals surface area contributed by atoms with E-state index in [-0.39, 0.29) is 19.8 Å². The van der Waals surface area contributed by atoms with Crippen molar-refractivity contribution in [3.63, 3.8) is 0 Å². The summed E-state index contributed by atoms with van der Waals surface area (Å²) in [5.74, 6) is -0.419. The molecule has 0 saturated carbocycles. The maximum atomic E-state index is 11.7. The fourth-order valence-electron chi connectivity index (χ4n) is 4.18. The molecule has 4 rings (SSSR count). The zero-order chi connectivity index (χ0) is 26.7. The molecular weight excluding hydrogens is 502 g/mol. The third kappa shape index (κ3) is 7.84. The van der Waals surface area contributed by atoms with Crippen LogP contribution < -0.4 is 0 Å². The molecule has 1 aliphatic heterocycles. The Hall–Kier alpha value is -3.33. The van der Waals surface area contributed by atoms with Gasteiger partial charge in [0.05, 0.1) is 19.3 Å². The Kier molecular flexibility index (Phi) is 10.2. The van der Waals surface area contributed by atoms with Crippen molar-refractivity contribution in [2.24, 2.45) is 5.11 Å². The SMILES string of the molecule is CC(=O)OC[C@H]1OC(Sc2ccc(C)cc2)[C@H](N=[N+]=[N-])[C@@H](OCc2ccccc2)[C@H]1OCc1ccccc1. The highest BCUT2D eigenvalue weighted by Gasteiger charge is 2.48. The van der Waals surface area contributed by atoms with Crippen LogP contribution in [0, 0.1) is 6.92 Å². The molecule has 38 heavy (non-hydrogen) atoms. The third-order valence-electron chi connectivity index (χ3n) is 6.09. The zero-order valence-corrected chi connectivity index (χ0v) is 22.2. The van der Waals surface area contributed by atoms with E-state index in [0.717, 1.165) is 21.6 Å². The van der Waals surface area contributed by atoms with Gasteiger partial charge in [0.25, 0.3) is 0 Å². The van der Waals surface area contributed by atoms with Gasteiger partial charge in [-0.25, -0.2) is 0 Å². The number of azide groups is 1. The van der Waals surface area contributed by atoms with Gasteiger partial charge < -0.3 is 18.9 Å². The van der Waals surface area contributed by atoms with Crippen molar-refractivity contribution in [3.8, 4) is 0 Å². The molecular formula is C29H31N3O5S. The summed E-state index contributed by atoms with van der Waals surface area (Å²) in [5.41, 5.74) is 12.0. The first kappa shape index (κ1) is 27.7. The molecule has 1 saturated heterocycles. The highest BCUT2D eigenvalue weighted by Crippen LogP contribution is 2.38. The van der Waals surface area contributed by atoms with Crippen molar-refractivity contribution in [3.05, 3.63) is 112 Å². The largest absolute Gasteiger partial charge is 0.463 e. The van der Waals surface area contributed by atoms with E-state index in [2.05, 4.69) is 10.0 Å². The number of nitrogens with zero attached hydrogens (tertiary/aromatic N) is 3. The molecule has 3 aromatic carbocycles. The van der Waals surface area contributed by atoms with Crippen LogP contribution in [-0.2, 0) is 37.0 Å². The highest BCUT2D eigenvalue weighted by atomic mass is 32.2. The van der Waals surface area contributed by atoms with Gasteiger partial charge in [-0.1, -0.05) is 95.2 Å². The van der Waals surface area contributed by atoms with Crippen molar-refractivity contribution in [1.29, 1.82) is 0 Å². The Bertz CT molecular complexity index is 1210. The molecule has 0 bridgehead atoms. The van der Waals surface area contributed by atoms with Gasteiger partial charge in [-0.3, -0.25) is 4.79 Å². The second-order valence-corrected chi connectivity index (χ2v) is 10.2. The molecule has 9 heteroatoms. The van der Waals surface area contributed by atoms with Crippen LogP contribution in [0.15, 0.2) is 94.9 Å². The smallest absolute Gasteiger partial charge is 0.302 e. The molecule has 0 radical (unpaired) electrons. The second-order valence-electron chi connectivity index (χ2n) is 8.99. The van der Waals surface area contributed by atoms with Crippen LogP contribution in [0.4, 0.5) is 0 Å². The van der Waals surface area contributed by atoms with E-state index in [9.17, 15) is 10.3 Å². The molecule has 1 fully saturated rings. The Morgan fingerprint density at radius 2 is 1.50 bits per heavy atom. The molecule has 8 nitrogen and oxygen atoms in total. The molecule has 0 aromatic heterocycles. The van der Waals surface area contributed by atoms with Gasteiger partial charge >= 0.3 is 5.97 Å². The minimum Gasteiger partial charge on any atom is -0.463 e. The standard InChI is InChI=1S/C29H31N3O5S/c1-20-13-15-24(16-14-20)38-29-26(31-32-30)28(36-18-23-11-7-4-8-12-23)27(25(37-29)19-34-21(2)33)35-17-22-9-5-3-6-10-22/h3-16,25-29H,17-19H2,1-2H3/t25-,26-,27+,28-,29?/m1/s1. The molecule has 1 unspecified atom stereocenters. The molecule has 198 valence electrons. The number of hydrogen-bond acceptors (Lipinski definition) is 7. The number of carbonyl (C=O) groups is 1. The van der Waals surface area contributed by atoms with E-state index in [1.165, 1.54) is 18.7 Å². The number of hydrogen-bond donors (Lipinski definition) is 0. The first-order valence-corrected chi connectivity index (χ1v) is 13.3. The van der Waals surface area contributed by atoms with E-state index in [1.807, 2.05) is 91.9 Å². The first-order chi connectivity index (χ1) is 18.5. The lowest BCUT2D eigenvalue weighted by atomic mass is 9.97. The molecule has 5 atom stereocenters. The lowest BCUT2D eigenvalue weighted by Crippen LogP contribution is -2.59. The topological polar surface area (TPSA) is 103 Å². The predicted octanol–water partition coefficient (Wildman–Crippen LogP) is 6.22. The van der Waals surface area contributed by atoms with Gasteiger partial charge in [0.2, 0.25) is 0 Å². The van der Waals surface area contributed by atoms with Crippen molar-refractivity contribution in [2.45, 2.75) is 61.7 Å². The Labute approximate surface area is 226 Å². The summed E-state index contributed by atoms with van der Waals surface area (Å²) in [6.45, 7) is 3.93. The highest BCUT2D eigenvalue weighted by molar-refractivity contribution is 7.99. The molecule has 1 aliphatic rings. The van der Waals surface area contributed by atoms with Crippen molar-refractivity contribution >= 4 is 17.7 Å². The van der Waals surface area contributed by atoms with E-state index in [1.54, 1.807) is 0 Å². The van der Waals surface area contributed by atoms with Crippen LogP contribution in [0.1, 0.15) is 23.6 Å². The summed E-state index contributed by atoms with van der Waals surface area (Å²) in [6, 6.07) is 26.8. The molecule has 0 N–H and O–H groups in total. The van der Waals surface area contributed by atoms with Crippen LogP contribution in [0.25, 0.3) is 10.4 Å². The van der Waals surface area contributed by atoms with Gasteiger partial charge in [-0.2, -0.15) is 0 Å². The van der Waals surface area contributed by atoms with E-state index >= 15 is 0 Å². The first-order valence-electron chi connectivity index (χ1n) is 12.4. The number of carbonyl (C=O) groups excluding carboxylic acids is 1. The van der Waals surface area contributed by atoms with Crippen LogP contribution in [0.3, 0.4) is 0 Å². The number of thioether (sulfide) groups is 1. The van der Waals surface area contributed by atoms with Crippen LogP contribution in [0.2, 0.25) is 0 Å². The van der Waals surface area contributed by atoms with Crippen LogP contribution in [0.5, 0.6) is 0 Å². The fourth-order valence-corrected chi connectivity index (χ4v) is 5.29. The number of aryl methyl sites for hydroxylation is 1. The van der Waals surface area contributed by atoms with Crippen LogP contribution >= 0.6 is 11.8 Å².